The number of carboxylic acids is 1. The van der Waals surface area contributed by atoms with E-state index in [-0.39, 0.29) is 17.7 Å². The standard InChI is InChI=1S/C24H39N3O5/c1-24(2,3)32-23(31)25-20(21(28)26-12-7-8-13-26)16-27(18-10-11-18)14-6-4-5-9-17-15-19(17)22(29)30/h5,9,17-20H,4,6-8,10-16H2,1-3H3,(H,25,31)(H,29,30)/b9-5-/t17-,19+,20+/m1/s1. The van der Waals surface area contributed by atoms with E-state index in [1.807, 2.05) is 31.7 Å². The Balaban J connectivity index is 1.52. The van der Waals surface area contributed by atoms with Gasteiger partial charge in [-0.05, 0) is 78.2 Å². The Hall–Kier alpha value is -2.09. The van der Waals surface area contributed by atoms with Crippen LogP contribution in [0.15, 0.2) is 12.2 Å². The van der Waals surface area contributed by atoms with Crippen LogP contribution in [0, 0.1) is 11.8 Å². The van der Waals surface area contributed by atoms with Crippen LogP contribution in [0.25, 0.3) is 0 Å². The molecule has 1 heterocycles. The fourth-order valence-electron chi connectivity index (χ4n) is 4.28. The van der Waals surface area contributed by atoms with Gasteiger partial charge in [0.15, 0.2) is 0 Å². The number of aliphatic carboxylic acids is 1. The van der Waals surface area contributed by atoms with E-state index in [0.717, 1.165) is 64.6 Å². The number of allylic oxidation sites excluding steroid dienone is 2. The van der Waals surface area contributed by atoms with Gasteiger partial charge in [0.25, 0.3) is 0 Å². The predicted molar refractivity (Wildman–Crippen MR) is 121 cm³/mol. The molecule has 2 amide bonds. The molecule has 2 aliphatic carbocycles. The highest BCUT2D eigenvalue weighted by molar-refractivity contribution is 5.86. The molecule has 0 bridgehead atoms. The quantitative estimate of drug-likeness (QED) is 0.372. The van der Waals surface area contributed by atoms with E-state index in [0.29, 0.717) is 12.6 Å². The first-order chi connectivity index (χ1) is 15.1. The van der Waals surface area contributed by atoms with Gasteiger partial charge in [-0.3, -0.25) is 14.5 Å². The number of ether oxygens (including phenoxy) is 1. The molecule has 3 fully saturated rings. The maximum absolute atomic E-state index is 13.1. The smallest absolute Gasteiger partial charge is 0.408 e. The van der Waals surface area contributed by atoms with Crippen molar-refractivity contribution < 1.29 is 24.2 Å². The third-order valence-electron chi connectivity index (χ3n) is 6.24. The molecule has 0 aromatic heterocycles. The molecular formula is C24H39N3O5. The van der Waals surface area contributed by atoms with Crippen LogP contribution in [-0.2, 0) is 14.3 Å². The van der Waals surface area contributed by atoms with E-state index in [9.17, 15) is 14.4 Å². The Morgan fingerprint density at radius 1 is 1.22 bits per heavy atom. The number of amides is 2. The lowest BCUT2D eigenvalue weighted by Crippen LogP contribution is -2.54. The minimum atomic E-state index is -0.703. The van der Waals surface area contributed by atoms with Crippen molar-refractivity contribution in [3.05, 3.63) is 12.2 Å². The number of carbonyl (C=O) groups is 3. The molecule has 32 heavy (non-hydrogen) atoms. The van der Waals surface area contributed by atoms with Gasteiger partial charge in [0.2, 0.25) is 5.91 Å². The van der Waals surface area contributed by atoms with Gasteiger partial charge in [-0.15, -0.1) is 0 Å². The number of likely N-dealkylation sites (tertiary alicyclic amines) is 1. The molecule has 3 rings (SSSR count). The third kappa shape index (κ3) is 7.80. The Morgan fingerprint density at radius 3 is 2.47 bits per heavy atom. The van der Waals surface area contributed by atoms with Gasteiger partial charge in [0.1, 0.15) is 11.6 Å². The number of unbranched alkanes of at least 4 members (excludes halogenated alkanes) is 1. The summed E-state index contributed by atoms with van der Waals surface area (Å²) in [5, 5.41) is 11.8. The second-order valence-corrected chi connectivity index (χ2v) is 10.4. The average Bonchev–Trinajstić information content (AvgIpc) is 3.62. The van der Waals surface area contributed by atoms with Gasteiger partial charge in [-0.2, -0.15) is 0 Å². The van der Waals surface area contributed by atoms with Crippen LogP contribution in [0.2, 0.25) is 0 Å². The number of rotatable bonds is 11. The minimum absolute atomic E-state index is 0.0210. The number of nitrogens with zero attached hydrogens (tertiary/aromatic N) is 2. The van der Waals surface area contributed by atoms with E-state index in [2.05, 4.69) is 16.3 Å². The van der Waals surface area contributed by atoms with Gasteiger partial charge < -0.3 is 20.1 Å². The number of nitrogens with one attached hydrogen (secondary N) is 1. The van der Waals surface area contributed by atoms with E-state index in [1.54, 1.807) is 0 Å². The Labute approximate surface area is 191 Å². The van der Waals surface area contributed by atoms with E-state index < -0.39 is 23.7 Å². The lowest BCUT2D eigenvalue weighted by molar-refractivity contribution is -0.138. The Morgan fingerprint density at radius 2 is 1.91 bits per heavy atom. The maximum atomic E-state index is 13.1. The fourth-order valence-corrected chi connectivity index (χ4v) is 4.28. The van der Waals surface area contributed by atoms with Crippen LogP contribution in [0.3, 0.4) is 0 Å². The lowest BCUT2D eigenvalue weighted by atomic mass is 10.2. The molecule has 0 unspecified atom stereocenters. The monoisotopic (exact) mass is 449 g/mol. The molecule has 8 heteroatoms. The zero-order valence-corrected chi connectivity index (χ0v) is 19.7. The molecule has 2 N–H and O–H groups in total. The van der Waals surface area contributed by atoms with Gasteiger partial charge in [-0.25, -0.2) is 4.79 Å². The SMILES string of the molecule is CC(C)(C)OC(=O)N[C@@H](CN(CCC/C=C\[C@@H]1C[C@@H]1C(=O)O)C1CC1)C(=O)N1CCCC1. The molecule has 3 aliphatic rings. The summed E-state index contributed by atoms with van der Waals surface area (Å²) in [5.74, 6) is -0.740. The number of carboxylic acid groups (broad SMARTS) is 1. The lowest BCUT2D eigenvalue weighted by Gasteiger charge is -2.30. The van der Waals surface area contributed by atoms with Gasteiger partial charge >= 0.3 is 12.1 Å². The summed E-state index contributed by atoms with van der Waals surface area (Å²) in [7, 11) is 0. The molecule has 2 saturated carbocycles. The Bertz CT molecular complexity index is 707. The first-order valence-corrected chi connectivity index (χ1v) is 12.1. The predicted octanol–water partition coefficient (Wildman–Crippen LogP) is 3.02. The van der Waals surface area contributed by atoms with E-state index in [4.69, 9.17) is 9.84 Å². The largest absolute Gasteiger partial charge is 0.481 e. The number of hydrogen-bond acceptors (Lipinski definition) is 5. The summed E-state index contributed by atoms with van der Waals surface area (Å²) in [5.41, 5.74) is -0.616. The van der Waals surface area contributed by atoms with Crippen molar-refractivity contribution in [2.24, 2.45) is 11.8 Å². The van der Waals surface area contributed by atoms with Crippen LogP contribution >= 0.6 is 0 Å². The zero-order valence-electron chi connectivity index (χ0n) is 19.7. The van der Waals surface area contributed by atoms with Crippen molar-refractivity contribution in [3.8, 4) is 0 Å². The van der Waals surface area contributed by atoms with Gasteiger partial charge in [-0.1, -0.05) is 12.2 Å². The van der Waals surface area contributed by atoms with E-state index >= 15 is 0 Å². The summed E-state index contributed by atoms with van der Waals surface area (Å²) in [4.78, 5) is 40.7. The third-order valence-corrected chi connectivity index (χ3v) is 6.24. The second-order valence-electron chi connectivity index (χ2n) is 10.4. The topological polar surface area (TPSA) is 99.2 Å². The van der Waals surface area contributed by atoms with Crippen molar-refractivity contribution in [1.82, 2.24) is 15.1 Å². The summed E-state index contributed by atoms with van der Waals surface area (Å²) < 4.78 is 5.42. The van der Waals surface area contributed by atoms with Crippen LogP contribution in [0.4, 0.5) is 4.79 Å². The summed E-state index contributed by atoms with van der Waals surface area (Å²) in [6.07, 6.45) is 10.4. The molecule has 0 aromatic carbocycles. The fraction of sp³-hybridized carbons (Fsp3) is 0.792. The number of carbonyl (C=O) groups excluding carboxylic acids is 2. The molecular weight excluding hydrogens is 410 g/mol. The first-order valence-electron chi connectivity index (χ1n) is 12.1. The van der Waals surface area contributed by atoms with Gasteiger partial charge in [0.05, 0.1) is 5.92 Å². The van der Waals surface area contributed by atoms with Crippen molar-refractivity contribution in [2.75, 3.05) is 26.2 Å². The molecule has 0 aromatic rings. The zero-order chi connectivity index (χ0) is 23.3. The molecule has 8 nitrogen and oxygen atoms in total. The molecule has 1 aliphatic heterocycles. The van der Waals surface area contributed by atoms with Crippen molar-refractivity contribution in [3.63, 3.8) is 0 Å². The highest BCUT2D eigenvalue weighted by Crippen LogP contribution is 2.39. The summed E-state index contributed by atoms with van der Waals surface area (Å²) in [6.45, 7) is 8.28. The highest BCUT2D eigenvalue weighted by atomic mass is 16.6. The number of hydrogen-bond donors (Lipinski definition) is 2. The molecule has 180 valence electrons. The van der Waals surface area contributed by atoms with Crippen LogP contribution in [0.1, 0.15) is 65.7 Å². The van der Waals surface area contributed by atoms with E-state index in [1.165, 1.54) is 0 Å². The first kappa shape index (κ1) is 24.6. The molecule has 0 spiro atoms. The Kier molecular flexibility index (Phi) is 8.20. The normalized spacial score (nSPS) is 24.1. The summed E-state index contributed by atoms with van der Waals surface area (Å²) >= 11 is 0. The highest BCUT2D eigenvalue weighted by Gasteiger charge is 2.41. The van der Waals surface area contributed by atoms with Crippen LogP contribution in [-0.4, -0.2) is 76.7 Å². The summed E-state index contributed by atoms with van der Waals surface area (Å²) in [6, 6.07) is -0.144. The maximum Gasteiger partial charge on any atom is 0.408 e. The van der Waals surface area contributed by atoms with Crippen molar-refractivity contribution in [2.45, 2.75) is 83.4 Å². The minimum Gasteiger partial charge on any atom is -0.481 e. The van der Waals surface area contributed by atoms with Crippen LogP contribution < -0.4 is 5.32 Å². The van der Waals surface area contributed by atoms with Crippen LogP contribution in [0.5, 0.6) is 0 Å². The average molecular weight is 450 g/mol. The molecule has 1 saturated heterocycles. The molecule has 3 atom stereocenters. The second kappa shape index (κ2) is 10.7. The van der Waals surface area contributed by atoms with Crippen molar-refractivity contribution in [1.29, 1.82) is 0 Å². The number of alkyl carbamates (subject to hydrolysis) is 1. The van der Waals surface area contributed by atoms with Crippen molar-refractivity contribution >= 4 is 18.0 Å². The molecule has 0 radical (unpaired) electrons. The van der Waals surface area contributed by atoms with Gasteiger partial charge in [0, 0.05) is 25.7 Å².